The van der Waals surface area contributed by atoms with Gasteiger partial charge >= 0.3 is 0 Å². The molecule has 0 aliphatic heterocycles. The molecule has 0 aliphatic rings. The molecule has 8 heteroatoms. The fourth-order valence-electron chi connectivity index (χ4n) is 1.53. The summed E-state index contributed by atoms with van der Waals surface area (Å²) in [7, 11) is 0. The summed E-state index contributed by atoms with van der Waals surface area (Å²) in [6.45, 7) is -1.27. The summed E-state index contributed by atoms with van der Waals surface area (Å²) in [4.78, 5) is 23.0. The number of alkyl halides is 2. The number of benzene rings is 1. The fraction of sp³-hybridized carbons (Fsp3) is 0.429. The number of nitrogens with one attached hydrogen (secondary N) is 2. The Kier molecular flexibility index (Phi) is 9.28. The second kappa shape index (κ2) is 10.1. The molecule has 0 heterocycles. The van der Waals surface area contributed by atoms with E-state index in [1.165, 1.54) is 0 Å². The predicted octanol–water partition coefficient (Wildman–Crippen LogP) is 1.33. The molecule has 0 unspecified atom stereocenters. The lowest BCUT2D eigenvalue weighted by atomic mass is 10.2. The Hall–Kier alpha value is -1.73. The van der Waals surface area contributed by atoms with Crippen molar-refractivity contribution < 1.29 is 18.4 Å². The Morgan fingerprint density at radius 3 is 2.36 bits per heavy atom. The van der Waals surface area contributed by atoms with E-state index in [-0.39, 0.29) is 24.7 Å². The number of nitrogens with two attached hydrogens (primary N) is 1. The van der Waals surface area contributed by atoms with Crippen molar-refractivity contribution in [1.29, 1.82) is 0 Å². The molecular formula is C14H20ClF2N3O2. The van der Waals surface area contributed by atoms with Crippen LogP contribution >= 0.6 is 12.4 Å². The number of carbonyl (C=O) groups is 2. The van der Waals surface area contributed by atoms with Crippen LogP contribution in [0.25, 0.3) is 0 Å². The summed E-state index contributed by atoms with van der Waals surface area (Å²) in [5.74, 6) is -3.81. The Labute approximate surface area is 134 Å². The molecule has 124 valence electrons. The number of hydrogen-bond donors (Lipinski definition) is 3. The standard InChI is InChI=1S/C14H19F2N3O2.ClH/c15-14(16,9-17)10-19-12(20)7-4-8-18-13(21)11-5-2-1-3-6-11;/h1-3,5-6H,4,7-10,17H2,(H,18,21)(H,19,20);1H. The molecule has 0 spiro atoms. The molecule has 2 amide bonds. The van der Waals surface area contributed by atoms with Crippen molar-refractivity contribution in [2.24, 2.45) is 5.73 Å². The van der Waals surface area contributed by atoms with Gasteiger partial charge in [0.25, 0.3) is 11.8 Å². The normalized spacial score (nSPS) is 10.5. The first-order valence-electron chi connectivity index (χ1n) is 6.62. The van der Waals surface area contributed by atoms with Gasteiger partial charge in [-0.05, 0) is 18.6 Å². The summed E-state index contributed by atoms with van der Waals surface area (Å²) in [5.41, 5.74) is 5.39. The Morgan fingerprint density at radius 2 is 1.77 bits per heavy atom. The first-order chi connectivity index (χ1) is 9.94. The molecule has 0 bridgehead atoms. The van der Waals surface area contributed by atoms with Crippen LogP contribution < -0.4 is 16.4 Å². The zero-order valence-corrected chi connectivity index (χ0v) is 12.8. The first kappa shape index (κ1) is 20.3. The van der Waals surface area contributed by atoms with Crippen LogP contribution in [0.2, 0.25) is 0 Å². The average Bonchev–Trinajstić information content (AvgIpc) is 2.50. The average molecular weight is 336 g/mol. The Balaban J connectivity index is 0.00000441. The molecule has 0 fully saturated rings. The lowest BCUT2D eigenvalue weighted by Gasteiger charge is -2.14. The van der Waals surface area contributed by atoms with Crippen LogP contribution in [0, 0.1) is 0 Å². The highest BCUT2D eigenvalue weighted by atomic mass is 35.5. The van der Waals surface area contributed by atoms with E-state index < -0.39 is 24.9 Å². The van der Waals surface area contributed by atoms with Crippen LogP contribution in [0.4, 0.5) is 8.78 Å². The van der Waals surface area contributed by atoms with Gasteiger partial charge in [0, 0.05) is 18.5 Å². The third-order valence-electron chi connectivity index (χ3n) is 2.74. The minimum absolute atomic E-state index is 0. The highest BCUT2D eigenvalue weighted by Crippen LogP contribution is 2.08. The van der Waals surface area contributed by atoms with E-state index in [2.05, 4.69) is 10.6 Å². The van der Waals surface area contributed by atoms with Crippen LogP contribution in [0.1, 0.15) is 23.2 Å². The zero-order chi connectivity index (χ0) is 15.7. The summed E-state index contributed by atoms with van der Waals surface area (Å²) in [5, 5.41) is 4.76. The smallest absolute Gasteiger partial charge is 0.277 e. The second-order valence-electron chi connectivity index (χ2n) is 4.56. The maximum Gasteiger partial charge on any atom is 0.277 e. The van der Waals surface area contributed by atoms with Gasteiger partial charge in [-0.2, -0.15) is 0 Å². The lowest BCUT2D eigenvalue weighted by Crippen LogP contribution is -2.41. The number of amides is 2. The van der Waals surface area contributed by atoms with Crippen molar-refractivity contribution in [3.05, 3.63) is 35.9 Å². The van der Waals surface area contributed by atoms with E-state index in [4.69, 9.17) is 5.73 Å². The third kappa shape index (κ3) is 7.90. The topological polar surface area (TPSA) is 84.2 Å². The maximum absolute atomic E-state index is 12.8. The molecular weight excluding hydrogens is 316 g/mol. The van der Waals surface area contributed by atoms with Crippen LogP contribution in [-0.4, -0.2) is 37.4 Å². The van der Waals surface area contributed by atoms with E-state index >= 15 is 0 Å². The van der Waals surface area contributed by atoms with Crippen LogP contribution in [0.3, 0.4) is 0 Å². The molecule has 0 saturated heterocycles. The maximum atomic E-state index is 12.8. The van der Waals surface area contributed by atoms with Crippen molar-refractivity contribution in [2.75, 3.05) is 19.6 Å². The van der Waals surface area contributed by atoms with Crippen molar-refractivity contribution >= 4 is 24.2 Å². The molecule has 1 aromatic rings. The Morgan fingerprint density at radius 1 is 1.14 bits per heavy atom. The van der Waals surface area contributed by atoms with E-state index in [0.29, 0.717) is 18.5 Å². The molecule has 0 aliphatic carbocycles. The van der Waals surface area contributed by atoms with Crippen LogP contribution in [-0.2, 0) is 4.79 Å². The fourth-order valence-corrected chi connectivity index (χ4v) is 1.53. The third-order valence-corrected chi connectivity index (χ3v) is 2.74. The number of hydrogen-bond acceptors (Lipinski definition) is 3. The van der Waals surface area contributed by atoms with E-state index in [0.717, 1.165) is 0 Å². The summed E-state index contributed by atoms with van der Waals surface area (Å²) in [6, 6.07) is 8.66. The minimum Gasteiger partial charge on any atom is -0.352 e. The van der Waals surface area contributed by atoms with Crippen molar-refractivity contribution in [3.63, 3.8) is 0 Å². The Bertz CT molecular complexity index is 472. The summed E-state index contributed by atoms with van der Waals surface area (Å²) in [6.07, 6.45) is 0.439. The quantitative estimate of drug-likeness (QED) is 0.627. The first-order valence-corrected chi connectivity index (χ1v) is 6.62. The second-order valence-corrected chi connectivity index (χ2v) is 4.56. The van der Waals surface area contributed by atoms with Gasteiger partial charge < -0.3 is 16.4 Å². The van der Waals surface area contributed by atoms with Crippen LogP contribution in [0.5, 0.6) is 0 Å². The summed E-state index contributed by atoms with van der Waals surface area (Å²) >= 11 is 0. The van der Waals surface area contributed by atoms with Crippen molar-refractivity contribution in [3.8, 4) is 0 Å². The van der Waals surface area contributed by atoms with Crippen LogP contribution in [0.15, 0.2) is 30.3 Å². The SMILES string of the molecule is Cl.NCC(F)(F)CNC(=O)CCCNC(=O)c1ccccc1. The van der Waals surface area contributed by atoms with E-state index in [9.17, 15) is 18.4 Å². The van der Waals surface area contributed by atoms with Gasteiger partial charge in [0.05, 0.1) is 13.1 Å². The molecule has 4 N–H and O–H groups in total. The van der Waals surface area contributed by atoms with Gasteiger partial charge in [0.2, 0.25) is 5.91 Å². The van der Waals surface area contributed by atoms with Gasteiger partial charge in [0.15, 0.2) is 0 Å². The van der Waals surface area contributed by atoms with Crippen molar-refractivity contribution in [2.45, 2.75) is 18.8 Å². The van der Waals surface area contributed by atoms with Crippen molar-refractivity contribution in [1.82, 2.24) is 10.6 Å². The van der Waals surface area contributed by atoms with Gasteiger partial charge in [-0.1, -0.05) is 18.2 Å². The summed E-state index contributed by atoms with van der Waals surface area (Å²) < 4.78 is 25.6. The van der Waals surface area contributed by atoms with Gasteiger partial charge in [-0.15, -0.1) is 12.4 Å². The molecule has 0 aromatic heterocycles. The van der Waals surface area contributed by atoms with Gasteiger partial charge in [-0.3, -0.25) is 9.59 Å². The number of carbonyl (C=O) groups excluding carboxylic acids is 2. The molecule has 1 rings (SSSR count). The monoisotopic (exact) mass is 335 g/mol. The largest absolute Gasteiger partial charge is 0.352 e. The molecule has 0 saturated carbocycles. The zero-order valence-electron chi connectivity index (χ0n) is 12.0. The molecule has 0 atom stereocenters. The number of rotatable bonds is 8. The van der Waals surface area contributed by atoms with Gasteiger partial charge in [-0.25, -0.2) is 8.78 Å². The highest BCUT2D eigenvalue weighted by molar-refractivity contribution is 5.94. The van der Waals surface area contributed by atoms with E-state index in [1.807, 2.05) is 0 Å². The molecule has 0 radical (unpaired) electrons. The lowest BCUT2D eigenvalue weighted by molar-refractivity contribution is -0.122. The van der Waals surface area contributed by atoms with Gasteiger partial charge in [0.1, 0.15) is 0 Å². The highest BCUT2D eigenvalue weighted by Gasteiger charge is 2.26. The number of halogens is 3. The van der Waals surface area contributed by atoms with E-state index in [1.54, 1.807) is 30.3 Å². The molecule has 5 nitrogen and oxygen atoms in total. The molecule has 22 heavy (non-hydrogen) atoms. The predicted molar refractivity (Wildman–Crippen MR) is 82.3 cm³/mol. The molecule has 1 aromatic carbocycles. The minimum atomic E-state index is -3.09.